The van der Waals surface area contributed by atoms with E-state index in [0.29, 0.717) is 5.56 Å². The fourth-order valence-corrected chi connectivity index (χ4v) is 1.38. The molecule has 0 aliphatic carbocycles. The molecule has 1 aromatic carbocycles. The number of nitrogens with zero attached hydrogens (tertiary/aromatic N) is 2. The average molecular weight is 276 g/mol. The van der Waals surface area contributed by atoms with Gasteiger partial charge >= 0.3 is 6.36 Å². The van der Waals surface area contributed by atoms with Gasteiger partial charge in [0.25, 0.3) is 0 Å². The molecule has 0 unspecified atom stereocenters. The van der Waals surface area contributed by atoms with Crippen molar-refractivity contribution in [2.45, 2.75) is 26.3 Å². The van der Waals surface area contributed by atoms with Crippen molar-refractivity contribution in [3.63, 3.8) is 0 Å². The third-order valence-electron chi connectivity index (χ3n) is 2.55. The lowest BCUT2D eigenvalue weighted by atomic mass is 10.1. The number of alkyl halides is 3. The Labute approximate surface area is 109 Å². The Bertz CT molecular complexity index is 441. The van der Waals surface area contributed by atoms with E-state index in [2.05, 4.69) is 9.89 Å². The van der Waals surface area contributed by atoms with Crippen LogP contribution in [0.5, 0.6) is 5.75 Å². The van der Waals surface area contributed by atoms with Gasteiger partial charge < -0.3 is 14.8 Å². The van der Waals surface area contributed by atoms with E-state index in [1.54, 1.807) is 11.9 Å². The highest BCUT2D eigenvalue weighted by Gasteiger charge is 2.31. The molecule has 7 heteroatoms. The van der Waals surface area contributed by atoms with Crippen LogP contribution < -0.4 is 4.74 Å². The SMILES string of the molecule is CC(C)N(C)/C(=N/O)c1ccc(OC(F)(F)F)cc1. The van der Waals surface area contributed by atoms with Crippen molar-refractivity contribution in [1.82, 2.24) is 4.90 Å². The molecule has 0 spiro atoms. The Hall–Kier alpha value is -1.92. The molecule has 0 heterocycles. The minimum atomic E-state index is -4.72. The average Bonchev–Trinajstić information content (AvgIpc) is 2.30. The van der Waals surface area contributed by atoms with Crippen molar-refractivity contribution >= 4 is 5.84 Å². The molecule has 0 aliphatic rings. The molecule has 4 nitrogen and oxygen atoms in total. The summed E-state index contributed by atoms with van der Waals surface area (Å²) in [5, 5.41) is 12.2. The molecular formula is C12H15F3N2O2. The molecule has 1 aromatic rings. The third-order valence-corrected chi connectivity index (χ3v) is 2.55. The monoisotopic (exact) mass is 276 g/mol. The van der Waals surface area contributed by atoms with Gasteiger partial charge in [0, 0.05) is 18.7 Å². The van der Waals surface area contributed by atoms with Crippen LogP contribution in [0.4, 0.5) is 13.2 Å². The van der Waals surface area contributed by atoms with E-state index in [4.69, 9.17) is 5.21 Å². The molecule has 1 rings (SSSR count). The molecule has 0 radical (unpaired) electrons. The summed E-state index contributed by atoms with van der Waals surface area (Å²) in [6, 6.07) is 5.21. The summed E-state index contributed by atoms with van der Waals surface area (Å²) in [4.78, 5) is 1.69. The number of hydrogen-bond acceptors (Lipinski definition) is 3. The molecule has 0 aromatic heterocycles. The Morgan fingerprint density at radius 3 is 2.16 bits per heavy atom. The van der Waals surface area contributed by atoms with E-state index in [1.165, 1.54) is 24.3 Å². The Balaban J connectivity index is 2.92. The second-order valence-electron chi connectivity index (χ2n) is 4.20. The molecule has 0 fully saturated rings. The maximum atomic E-state index is 12.0. The minimum absolute atomic E-state index is 0.0806. The largest absolute Gasteiger partial charge is 0.573 e. The second kappa shape index (κ2) is 5.81. The fourth-order valence-electron chi connectivity index (χ4n) is 1.38. The van der Waals surface area contributed by atoms with Crippen molar-refractivity contribution in [3.8, 4) is 5.75 Å². The predicted molar refractivity (Wildman–Crippen MR) is 64.3 cm³/mol. The van der Waals surface area contributed by atoms with Gasteiger partial charge in [0.1, 0.15) is 5.75 Å². The fraction of sp³-hybridized carbons (Fsp3) is 0.417. The third kappa shape index (κ3) is 4.35. The van der Waals surface area contributed by atoms with Crippen molar-refractivity contribution < 1.29 is 23.1 Å². The maximum Gasteiger partial charge on any atom is 0.573 e. The number of hydrogen-bond donors (Lipinski definition) is 1. The normalized spacial score (nSPS) is 12.7. The lowest BCUT2D eigenvalue weighted by Gasteiger charge is -2.24. The zero-order chi connectivity index (χ0) is 14.6. The molecule has 0 bridgehead atoms. The van der Waals surface area contributed by atoms with Crippen LogP contribution in [0.1, 0.15) is 19.4 Å². The summed E-state index contributed by atoms with van der Waals surface area (Å²) < 4.78 is 39.8. The maximum absolute atomic E-state index is 12.0. The number of ether oxygens (including phenoxy) is 1. The van der Waals surface area contributed by atoms with Crippen LogP contribution in [0.15, 0.2) is 29.4 Å². The van der Waals surface area contributed by atoms with Crippen molar-refractivity contribution in [3.05, 3.63) is 29.8 Å². The summed E-state index contributed by atoms with van der Waals surface area (Å²) in [5.41, 5.74) is 0.494. The molecule has 0 amide bonds. The molecular weight excluding hydrogens is 261 g/mol. The smallest absolute Gasteiger partial charge is 0.409 e. The highest BCUT2D eigenvalue weighted by atomic mass is 19.4. The van der Waals surface area contributed by atoms with Crippen LogP contribution in [-0.2, 0) is 0 Å². The Morgan fingerprint density at radius 1 is 1.26 bits per heavy atom. The first-order valence-corrected chi connectivity index (χ1v) is 5.55. The lowest BCUT2D eigenvalue weighted by molar-refractivity contribution is -0.274. The van der Waals surface area contributed by atoms with Crippen LogP contribution in [0.25, 0.3) is 0 Å². The van der Waals surface area contributed by atoms with E-state index in [0.717, 1.165) is 0 Å². The number of amidine groups is 1. The first kappa shape index (κ1) is 15.1. The van der Waals surface area contributed by atoms with Crippen molar-refractivity contribution in [1.29, 1.82) is 0 Å². The minimum Gasteiger partial charge on any atom is -0.409 e. The van der Waals surface area contributed by atoms with Gasteiger partial charge in [-0.2, -0.15) is 0 Å². The number of oxime groups is 1. The summed E-state index contributed by atoms with van der Waals surface area (Å²) in [6.07, 6.45) is -4.72. The van der Waals surface area contributed by atoms with Gasteiger partial charge in [-0.1, -0.05) is 5.16 Å². The van der Waals surface area contributed by atoms with Crippen LogP contribution in [0.3, 0.4) is 0 Å². The van der Waals surface area contributed by atoms with Gasteiger partial charge in [-0.25, -0.2) is 0 Å². The van der Waals surface area contributed by atoms with Gasteiger partial charge in [0.15, 0.2) is 5.84 Å². The quantitative estimate of drug-likeness (QED) is 0.399. The van der Waals surface area contributed by atoms with Gasteiger partial charge in [-0.15, -0.1) is 13.2 Å². The summed E-state index contributed by atoms with van der Waals surface area (Å²) in [5.74, 6) is -0.0469. The van der Waals surface area contributed by atoms with Gasteiger partial charge in [0.2, 0.25) is 0 Å². The van der Waals surface area contributed by atoms with E-state index >= 15 is 0 Å². The van der Waals surface area contributed by atoms with Crippen LogP contribution >= 0.6 is 0 Å². The molecule has 19 heavy (non-hydrogen) atoms. The lowest BCUT2D eigenvalue weighted by Crippen LogP contribution is -2.33. The van der Waals surface area contributed by atoms with E-state index < -0.39 is 6.36 Å². The Morgan fingerprint density at radius 2 is 1.79 bits per heavy atom. The van der Waals surface area contributed by atoms with E-state index in [-0.39, 0.29) is 17.6 Å². The number of rotatable bonds is 3. The van der Waals surface area contributed by atoms with Crippen LogP contribution in [0.2, 0.25) is 0 Å². The number of halogens is 3. The predicted octanol–water partition coefficient (Wildman–Crippen LogP) is 3.06. The first-order chi connectivity index (χ1) is 8.74. The standard InChI is InChI=1S/C12H15F3N2O2/c1-8(2)17(3)11(16-18)9-4-6-10(7-5-9)19-12(13,14)15/h4-8,18H,1-3H3/b16-11+. The molecule has 1 N–H and O–H groups in total. The zero-order valence-corrected chi connectivity index (χ0v) is 10.8. The topological polar surface area (TPSA) is 45.1 Å². The first-order valence-electron chi connectivity index (χ1n) is 5.55. The van der Waals surface area contributed by atoms with Crippen molar-refractivity contribution in [2.75, 3.05) is 7.05 Å². The Kier molecular flexibility index (Phi) is 4.63. The van der Waals surface area contributed by atoms with Crippen molar-refractivity contribution in [2.24, 2.45) is 5.16 Å². The van der Waals surface area contributed by atoms with E-state index in [9.17, 15) is 13.2 Å². The number of benzene rings is 1. The molecule has 0 saturated heterocycles. The van der Waals surface area contributed by atoms with E-state index in [1.807, 2.05) is 13.8 Å². The molecule has 0 atom stereocenters. The molecule has 0 aliphatic heterocycles. The summed E-state index contributed by atoms with van der Waals surface area (Å²) >= 11 is 0. The highest BCUT2D eigenvalue weighted by Crippen LogP contribution is 2.23. The zero-order valence-electron chi connectivity index (χ0n) is 10.8. The molecule has 106 valence electrons. The summed E-state index contributed by atoms with van der Waals surface area (Å²) in [7, 11) is 1.72. The van der Waals surface area contributed by atoms with Gasteiger partial charge in [-0.3, -0.25) is 0 Å². The van der Waals surface area contributed by atoms with Gasteiger partial charge in [-0.05, 0) is 38.1 Å². The van der Waals surface area contributed by atoms with Crippen LogP contribution in [-0.4, -0.2) is 35.4 Å². The van der Waals surface area contributed by atoms with Gasteiger partial charge in [0.05, 0.1) is 0 Å². The highest BCUT2D eigenvalue weighted by molar-refractivity contribution is 5.98. The molecule has 0 saturated carbocycles. The summed E-state index contributed by atoms with van der Waals surface area (Å²) in [6.45, 7) is 3.79. The second-order valence-corrected chi connectivity index (χ2v) is 4.20. The van der Waals surface area contributed by atoms with Crippen LogP contribution in [0, 0.1) is 0 Å².